The molecule has 0 heterocycles. The molecule has 3 nitrogen and oxygen atoms in total. The molecular weight excluding hydrogens is 354 g/mol. The summed E-state index contributed by atoms with van der Waals surface area (Å²) in [6.45, 7) is 5.17. The number of halogens is 1. The number of nitrogens with zero attached hydrogens (tertiary/aromatic N) is 1. The second kappa shape index (κ2) is 18.7. The van der Waals surface area contributed by atoms with Crippen molar-refractivity contribution >= 4 is 0 Å². The molecule has 4 heteroatoms. The SMILES string of the molecule is CCCCCCCCCCCCCCCC[N+](O)(O)CCC.[Br-]. The fourth-order valence-electron chi connectivity index (χ4n) is 3.03. The number of rotatable bonds is 17. The Kier molecular flexibility index (Phi) is 20.8. The number of quaternary nitrogens is 1. The molecule has 0 aromatic carbocycles. The molecule has 0 saturated heterocycles. The van der Waals surface area contributed by atoms with Crippen LogP contribution in [-0.4, -0.2) is 28.3 Å². The summed E-state index contributed by atoms with van der Waals surface area (Å²) in [7, 11) is 0. The maximum atomic E-state index is 9.60. The van der Waals surface area contributed by atoms with Crippen molar-refractivity contribution in [1.82, 2.24) is 0 Å². The Labute approximate surface area is 155 Å². The standard InChI is InChI=1S/C19H42NO2.BrH/c1-3-5-6-7-8-9-10-11-12-13-14-15-16-17-19-20(21,22)18-4-2;/h21-22H,3-19H2,1-2H3;1H/q+1;/p-1. The van der Waals surface area contributed by atoms with Gasteiger partial charge in [-0.15, -0.1) is 0 Å². The van der Waals surface area contributed by atoms with E-state index >= 15 is 0 Å². The summed E-state index contributed by atoms with van der Waals surface area (Å²) in [5.41, 5.74) is 0. The lowest BCUT2D eigenvalue weighted by atomic mass is 10.0. The van der Waals surface area contributed by atoms with E-state index in [9.17, 15) is 10.4 Å². The Morgan fingerprint density at radius 3 is 1.17 bits per heavy atom. The summed E-state index contributed by atoms with van der Waals surface area (Å²) in [6.07, 6.45) is 19.4. The average molecular weight is 396 g/mol. The van der Waals surface area contributed by atoms with E-state index in [0.29, 0.717) is 13.1 Å². The summed E-state index contributed by atoms with van der Waals surface area (Å²) < 4.78 is 0. The van der Waals surface area contributed by atoms with Gasteiger partial charge < -0.3 is 17.0 Å². The third-order valence-electron chi connectivity index (χ3n) is 4.45. The zero-order chi connectivity index (χ0) is 16.5. The van der Waals surface area contributed by atoms with Gasteiger partial charge in [0.15, 0.2) is 0 Å². The highest BCUT2D eigenvalue weighted by Gasteiger charge is 2.19. The van der Waals surface area contributed by atoms with Crippen molar-refractivity contribution in [1.29, 1.82) is 0 Å². The summed E-state index contributed by atoms with van der Waals surface area (Å²) in [4.78, 5) is -0.783. The van der Waals surface area contributed by atoms with E-state index in [1.807, 2.05) is 6.92 Å². The Balaban J connectivity index is 0. The van der Waals surface area contributed by atoms with Crippen LogP contribution in [0.15, 0.2) is 0 Å². The molecule has 0 saturated carbocycles. The lowest BCUT2D eigenvalue weighted by Crippen LogP contribution is -3.00. The van der Waals surface area contributed by atoms with Gasteiger partial charge >= 0.3 is 0 Å². The zero-order valence-corrected chi connectivity index (χ0v) is 17.3. The Bertz CT molecular complexity index is 225. The van der Waals surface area contributed by atoms with Gasteiger partial charge in [0.2, 0.25) is 0 Å². The summed E-state index contributed by atoms with van der Waals surface area (Å²) >= 11 is 0. The van der Waals surface area contributed by atoms with Crippen LogP contribution in [0.3, 0.4) is 0 Å². The lowest BCUT2D eigenvalue weighted by molar-refractivity contribution is -1.24. The highest BCUT2D eigenvalue weighted by Crippen LogP contribution is 2.13. The Hall–Kier alpha value is 0.360. The largest absolute Gasteiger partial charge is 1.00 e. The topological polar surface area (TPSA) is 40.5 Å². The van der Waals surface area contributed by atoms with Crippen LogP contribution < -0.4 is 17.0 Å². The summed E-state index contributed by atoms with van der Waals surface area (Å²) in [5, 5.41) is 19.2. The van der Waals surface area contributed by atoms with Crippen molar-refractivity contribution in [2.45, 2.75) is 110 Å². The van der Waals surface area contributed by atoms with E-state index in [0.717, 1.165) is 19.3 Å². The minimum atomic E-state index is -0.783. The van der Waals surface area contributed by atoms with Gasteiger partial charge in [0, 0.05) is 6.42 Å². The van der Waals surface area contributed by atoms with Crippen molar-refractivity contribution < 1.29 is 32.2 Å². The number of hydrogen-bond acceptors (Lipinski definition) is 2. The minimum Gasteiger partial charge on any atom is -1.00 e. The molecule has 0 radical (unpaired) electrons. The molecule has 0 bridgehead atoms. The van der Waals surface area contributed by atoms with E-state index in [-0.39, 0.29) is 17.0 Å². The average Bonchev–Trinajstić information content (AvgIpc) is 2.47. The van der Waals surface area contributed by atoms with Crippen LogP contribution in [0, 0.1) is 0 Å². The van der Waals surface area contributed by atoms with Crippen LogP contribution in [0.25, 0.3) is 0 Å². The molecule has 0 fully saturated rings. The molecule has 0 amide bonds. The molecule has 0 aliphatic carbocycles. The van der Waals surface area contributed by atoms with Gasteiger partial charge in [0.1, 0.15) is 13.1 Å². The molecule has 0 rings (SSSR count). The molecule has 0 atom stereocenters. The first-order valence-corrected chi connectivity index (χ1v) is 9.95. The molecule has 23 heavy (non-hydrogen) atoms. The summed E-state index contributed by atoms with van der Waals surface area (Å²) in [5.74, 6) is 0. The van der Waals surface area contributed by atoms with Crippen molar-refractivity contribution in [3.63, 3.8) is 0 Å². The van der Waals surface area contributed by atoms with Gasteiger partial charge in [0.25, 0.3) is 0 Å². The molecule has 0 aliphatic heterocycles. The molecule has 0 aliphatic rings. The normalized spacial score (nSPS) is 11.5. The monoisotopic (exact) mass is 395 g/mol. The predicted octanol–water partition coefficient (Wildman–Crippen LogP) is 3.48. The highest BCUT2D eigenvalue weighted by molar-refractivity contribution is 4.49. The molecule has 0 aromatic heterocycles. The van der Waals surface area contributed by atoms with Crippen LogP contribution in [-0.2, 0) is 0 Å². The predicted molar refractivity (Wildman–Crippen MR) is 94.2 cm³/mol. The van der Waals surface area contributed by atoms with Crippen molar-refractivity contribution in [3.05, 3.63) is 0 Å². The van der Waals surface area contributed by atoms with Gasteiger partial charge in [-0.25, -0.2) is 0 Å². The Morgan fingerprint density at radius 2 is 0.826 bits per heavy atom. The van der Waals surface area contributed by atoms with Gasteiger partial charge in [-0.05, 0) is 17.7 Å². The van der Waals surface area contributed by atoms with Crippen LogP contribution in [0.4, 0.5) is 0 Å². The van der Waals surface area contributed by atoms with Crippen molar-refractivity contribution in [3.8, 4) is 0 Å². The first-order chi connectivity index (χ1) is 10.6. The molecular formula is C19H42BrNO2. The first-order valence-electron chi connectivity index (χ1n) is 9.95. The second-order valence-corrected chi connectivity index (χ2v) is 6.92. The van der Waals surface area contributed by atoms with Crippen LogP contribution in [0.5, 0.6) is 0 Å². The zero-order valence-electron chi connectivity index (χ0n) is 15.7. The quantitative estimate of drug-likeness (QED) is 0.225. The van der Waals surface area contributed by atoms with E-state index in [1.54, 1.807) is 0 Å². The summed E-state index contributed by atoms with van der Waals surface area (Å²) in [6, 6.07) is 0. The fraction of sp³-hybridized carbons (Fsp3) is 1.00. The number of hydrogen-bond donors (Lipinski definition) is 2. The number of unbranched alkanes of at least 4 members (excludes halogenated alkanes) is 13. The van der Waals surface area contributed by atoms with E-state index in [2.05, 4.69) is 6.92 Å². The smallest absolute Gasteiger partial charge is 0.142 e. The van der Waals surface area contributed by atoms with Gasteiger partial charge in [0.05, 0.1) is 0 Å². The number of hydroxylamine groups is 4. The second-order valence-electron chi connectivity index (χ2n) is 6.92. The Morgan fingerprint density at radius 1 is 0.478 bits per heavy atom. The molecule has 0 spiro atoms. The van der Waals surface area contributed by atoms with Gasteiger partial charge in [-0.2, -0.15) is 10.4 Å². The van der Waals surface area contributed by atoms with Crippen molar-refractivity contribution in [2.75, 3.05) is 13.1 Å². The van der Waals surface area contributed by atoms with Crippen LogP contribution >= 0.6 is 0 Å². The van der Waals surface area contributed by atoms with Crippen LogP contribution in [0.2, 0.25) is 0 Å². The van der Waals surface area contributed by atoms with Gasteiger partial charge in [-0.3, -0.25) is 0 Å². The maximum Gasteiger partial charge on any atom is 0.142 e. The van der Waals surface area contributed by atoms with Gasteiger partial charge in [-0.1, -0.05) is 90.9 Å². The molecule has 142 valence electrons. The van der Waals surface area contributed by atoms with Crippen molar-refractivity contribution in [2.24, 2.45) is 0 Å². The first kappa shape index (κ1) is 25.6. The molecule has 2 N–H and O–H groups in total. The maximum absolute atomic E-state index is 9.60. The minimum absolute atomic E-state index is 0. The third kappa shape index (κ3) is 20.3. The third-order valence-corrected chi connectivity index (χ3v) is 4.45. The van der Waals surface area contributed by atoms with E-state index in [4.69, 9.17) is 0 Å². The molecule has 0 aromatic rings. The van der Waals surface area contributed by atoms with Crippen LogP contribution in [0.1, 0.15) is 110 Å². The lowest BCUT2D eigenvalue weighted by Gasteiger charge is -2.20. The fourth-order valence-corrected chi connectivity index (χ4v) is 3.03. The highest BCUT2D eigenvalue weighted by atomic mass is 79.9. The van der Waals surface area contributed by atoms with E-state index in [1.165, 1.54) is 77.0 Å². The molecule has 0 unspecified atom stereocenters. The van der Waals surface area contributed by atoms with E-state index < -0.39 is 4.81 Å².